The molecule has 0 aromatic heterocycles. The summed E-state index contributed by atoms with van der Waals surface area (Å²) in [6.45, 7) is 2.19. The van der Waals surface area contributed by atoms with E-state index < -0.39 is 16.1 Å². The van der Waals surface area contributed by atoms with E-state index in [1.54, 1.807) is 7.11 Å². The van der Waals surface area contributed by atoms with Crippen LogP contribution in [0.15, 0.2) is 53.4 Å². The van der Waals surface area contributed by atoms with Gasteiger partial charge in [-0.25, -0.2) is 8.42 Å². The van der Waals surface area contributed by atoms with Crippen molar-refractivity contribution >= 4 is 27.5 Å². The van der Waals surface area contributed by atoms with E-state index in [0.29, 0.717) is 24.4 Å². The molecular weight excluding hydrogens is 400 g/mol. The number of ether oxygens (including phenoxy) is 1. The van der Waals surface area contributed by atoms with Crippen molar-refractivity contribution in [1.82, 2.24) is 9.62 Å². The molecule has 1 aliphatic heterocycles. The summed E-state index contributed by atoms with van der Waals surface area (Å²) in [4.78, 5) is 13.0. The van der Waals surface area contributed by atoms with Crippen molar-refractivity contribution < 1.29 is 17.9 Å². The molecule has 28 heavy (non-hydrogen) atoms. The SMILES string of the molecule is COc1ccc([C@H](C)NC(=O)[C@@H]2CCCN2S(=O)(=O)c2ccc(Cl)cc2)cc1. The maximum Gasteiger partial charge on any atom is 0.243 e. The Morgan fingerprint density at radius 3 is 2.43 bits per heavy atom. The second-order valence-electron chi connectivity index (χ2n) is 6.73. The molecule has 0 bridgehead atoms. The Balaban J connectivity index is 1.74. The van der Waals surface area contributed by atoms with Gasteiger partial charge in [0.25, 0.3) is 0 Å². The highest BCUT2D eigenvalue weighted by Gasteiger charge is 2.39. The zero-order valence-corrected chi connectivity index (χ0v) is 17.3. The quantitative estimate of drug-likeness (QED) is 0.774. The van der Waals surface area contributed by atoms with Crippen LogP contribution >= 0.6 is 11.6 Å². The van der Waals surface area contributed by atoms with Crippen LogP contribution in [0.5, 0.6) is 5.75 Å². The van der Waals surface area contributed by atoms with Gasteiger partial charge in [-0.05, 0) is 61.7 Å². The number of nitrogens with one attached hydrogen (secondary N) is 1. The first-order chi connectivity index (χ1) is 13.3. The number of methoxy groups -OCH3 is 1. The van der Waals surface area contributed by atoms with Crippen LogP contribution in [0.3, 0.4) is 0 Å². The Hall–Kier alpha value is -2.09. The minimum atomic E-state index is -3.76. The van der Waals surface area contributed by atoms with E-state index in [2.05, 4.69) is 5.32 Å². The molecule has 1 saturated heterocycles. The molecule has 1 fully saturated rings. The van der Waals surface area contributed by atoms with Gasteiger partial charge in [0.15, 0.2) is 0 Å². The van der Waals surface area contributed by atoms with E-state index in [1.807, 2.05) is 31.2 Å². The standard InChI is InChI=1S/C20H23ClN2O4S/c1-14(15-5-9-17(27-2)10-6-15)22-20(24)19-4-3-13-23(19)28(25,26)18-11-7-16(21)8-12-18/h5-12,14,19H,3-4,13H2,1-2H3,(H,22,24)/t14-,19-/m0/s1. The van der Waals surface area contributed by atoms with Crippen LogP contribution in [0.2, 0.25) is 5.02 Å². The van der Waals surface area contributed by atoms with Gasteiger partial charge in [0.2, 0.25) is 15.9 Å². The van der Waals surface area contributed by atoms with Crippen LogP contribution in [-0.4, -0.2) is 38.3 Å². The molecule has 1 heterocycles. The first kappa shape index (κ1) is 20.6. The fraction of sp³-hybridized carbons (Fsp3) is 0.350. The van der Waals surface area contributed by atoms with E-state index in [-0.39, 0.29) is 16.8 Å². The smallest absolute Gasteiger partial charge is 0.243 e. The number of rotatable bonds is 6. The summed E-state index contributed by atoms with van der Waals surface area (Å²) < 4.78 is 32.4. The second-order valence-corrected chi connectivity index (χ2v) is 9.06. The molecule has 1 aliphatic rings. The highest BCUT2D eigenvalue weighted by atomic mass is 35.5. The van der Waals surface area contributed by atoms with Gasteiger partial charge in [0.1, 0.15) is 11.8 Å². The van der Waals surface area contributed by atoms with Crippen molar-refractivity contribution in [2.45, 2.75) is 36.7 Å². The van der Waals surface area contributed by atoms with Crippen LogP contribution in [-0.2, 0) is 14.8 Å². The molecule has 2 atom stereocenters. The van der Waals surface area contributed by atoms with Crippen molar-refractivity contribution in [3.05, 3.63) is 59.1 Å². The van der Waals surface area contributed by atoms with Crippen molar-refractivity contribution in [3.63, 3.8) is 0 Å². The number of nitrogens with zero attached hydrogens (tertiary/aromatic N) is 1. The molecule has 3 rings (SSSR count). The number of carbonyl (C=O) groups is 1. The molecule has 2 aromatic rings. The summed E-state index contributed by atoms with van der Waals surface area (Å²) >= 11 is 5.85. The molecule has 1 N–H and O–H groups in total. The minimum Gasteiger partial charge on any atom is -0.497 e. The third kappa shape index (κ3) is 4.32. The highest BCUT2D eigenvalue weighted by Crippen LogP contribution is 2.28. The largest absolute Gasteiger partial charge is 0.497 e. The van der Waals surface area contributed by atoms with E-state index >= 15 is 0 Å². The topological polar surface area (TPSA) is 75.7 Å². The molecule has 0 saturated carbocycles. The van der Waals surface area contributed by atoms with Crippen molar-refractivity contribution in [2.24, 2.45) is 0 Å². The summed E-state index contributed by atoms with van der Waals surface area (Å²) in [7, 11) is -2.17. The fourth-order valence-electron chi connectivity index (χ4n) is 3.32. The van der Waals surface area contributed by atoms with E-state index in [1.165, 1.54) is 28.6 Å². The number of halogens is 1. The van der Waals surface area contributed by atoms with Gasteiger partial charge in [0, 0.05) is 11.6 Å². The van der Waals surface area contributed by atoms with Gasteiger partial charge in [0.05, 0.1) is 18.0 Å². The van der Waals surface area contributed by atoms with E-state index in [4.69, 9.17) is 16.3 Å². The van der Waals surface area contributed by atoms with E-state index in [0.717, 1.165) is 11.3 Å². The van der Waals surface area contributed by atoms with Gasteiger partial charge < -0.3 is 10.1 Å². The maximum absolute atomic E-state index is 13.0. The number of amides is 1. The third-order valence-corrected chi connectivity index (χ3v) is 7.08. The minimum absolute atomic E-state index is 0.139. The Bertz CT molecular complexity index is 930. The molecule has 1 amide bonds. The lowest BCUT2D eigenvalue weighted by atomic mass is 10.1. The molecule has 2 aromatic carbocycles. The molecule has 8 heteroatoms. The Labute approximate surface area is 170 Å². The molecule has 0 unspecified atom stereocenters. The lowest BCUT2D eigenvalue weighted by molar-refractivity contribution is -0.124. The first-order valence-corrected chi connectivity index (χ1v) is 10.9. The summed E-state index contributed by atoms with van der Waals surface area (Å²) in [5.74, 6) is 0.441. The first-order valence-electron chi connectivity index (χ1n) is 9.04. The van der Waals surface area contributed by atoms with Gasteiger partial charge in [-0.2, -0.15) is 4.31 Å². The summed E-state index contributed by atoms with van der Waals surface area (Å²) in [5.41, 5.74) is 0.916. The monoisotopic (exact) mass is 422 g/mol. The second kappa shape index (κ2) is 8.51. The maximum atomic E-state index is 13.0. The number of carbonyl (C=O) groups excluding carboxylic acids is 1. The Morgan fingerprint density at radius 1 is 1.18 bits per heavy atom. The van der Waals surface area contributed by atoms with Crippen LogP contribution < -0.4 is 10.1 Å². The van der Waals surface area contributed by atoms with Gasteiger partial charge in [-0.15, -0.1) is 0 Å². The molecule has 150 valence electrons. The van der Waals surface area contributed by atoms with Crippen LogP contribution in [0.25, 0.3) is 0 Å². The third-order valence-electron chi connectivity index (χ3n) is 4.90. The predicted octanol–water partition coefficient (Wildman–Crippen LogP) is 3.38. The van der Waals surface area contributed by atoms with Crippen LogP contribution in [0.4, 0.5) is 0 Å². The van der Waals surface area contributed by atoms with Crippen molar-refractivity contribution in [3.8, 4) is 5.75 Å². The van der Waals surface area contributed by atoms with Crippen LogP contribution in [0.1, 0.15) is 31.4 Å². The van der Waals surface area contributed by atoms with Gasteiger partial charge in [-0.1, -0.05) is 23.7 Å². The molecule has 0 spiro atoms. The lowest BCUT2D eigenvalue weighted by Gasteiger charge is -2.25. The molecule has 0 radical (unpaired) electrons. The number of hydrogen-bond acceptors (Lipinski definition) is 4. The average Bonchev–Trinajstić information content (AvgIpc) is 3.19. The lowest BCUT2D eigenvalue weighted by Crippen LogP contribution is -2.46. The predicted molar refractivity (Wildman–Crippen MR) is 108 cm³/mol. The number of benzene rings is 2. The Kier molecular flexibility index (Phi) is 6.27. The van der Waals surface area contributed by atoms with Crippen LogP contribution in [0, 0.1) is 0 Å². The number of hydrogen-bond donors (Lipinski definition) is 1. The summed E-state index contributed by atoms with van der Waals surface area (Å²) in [6, 6.07) is 12.4. The summed E-state index contributed by atoms with van der Waals surface area (Å²) in [5, 5.41) is 3.39. The van der Waals surface area contributed by atoms with Gasteiger partial charge >= 0.3 is 0 Å². The number of sulfonamides is 1. The average molecular weight is 423 g/mol. The fourth-order valence-corrected chi connectivity index (χ4v) is 5.10. The normalized spacial score (nSPS) is 18.6. The van der Waals surface area contributed by atoms with Crippen molar-refractivity contribution in [2.75, 3.05) is 13.7 Å². The molecule has 6 nitrogen and oxygen atoms in total. The van der Waals surface area contributed by atoms with Crippen molar-refractivity contribution in [1.29, 1.82) is 0 Å². The summed E-state index contributed by atoms with van der Waals surface area (Å²) in [6.07, 6.45) is 1.13. The molecular formula is C20H23ClN2O4S. The highest BCUT2D eigenvalue weighted by molar-refractivity contribution is 7.89. The zero-order chi connectivity index (χ0) is 20.3. The Morgan fingerprint density at radius 2 is 1.82 bits per heavy atom. The zero-order valence-electron chi connectivity index (χ0n) is 15.8. The molecule has 0 aliphatic carbocycles. The van der Waals surface area contributed by atoms with E-state index in [9.17, 15) is 13.2 Å². The van der Waals surface area contributed by atoms with Gasteiger partial charge in [-0.3, -0.25) is 4.79 Å².